The molecule has 2 rings (SSSR count). The highest BCUT2D eigenvalue weighted by Gasteiger charge is 2.18. The third-order valence-corrected chi connectivity index (χ3v) is 2.77. The molecular weight excluding hydrogens is 198 g/mol. The summed E-state index contributed by atoms with van der Waals surface area (Å²) in [4.78, 5) is 4.44. The molecule has 0 fully saturated rings. The van der Waals surface area contributed by atoms with E-state index in [1.165, 1.54) is 5.56 Å². The average Bonchev–Trinajstić information content (AvgIpc) is 2.58. The molecule has 0 radical (unpaired) electrons. The Kier molecular flexibility index (Phi) is 2.49. The zero-order chi connectivity index (χ0) is 11.9. The van der Waals surface area contributed by atoms with Gasteiger partial charge in [0.25, 0.3) is 0 Å². The molecule has 0 aliphatic heterocycles. The van der Waals surface area contributed by atoms with Crippen molar-refractivity contribution in [2.24, 2.45) is 0 Å². The van der Waals surface area contributed by atoms with Crippen LogP contribution in [0.2, 0.25) is 0 Å². The highest BCUT2D eigenvalue weighted by atomic mass is 15.2. The van der Waals surface area contributed by atoms with Crippen LogP contribution in [0.25, 0.3) is 5.65 Å². The summed E-state index contributed by atoms with van der Waals surface area (Å²) in [6, 6.07) is 2.06. The first-order valence-corrected chi connectivity index (χ1v) is 5.74. The summed E-state index contributed by atoms with van der Waals surface area (Å²) >= 11 is 0. The van der Waals surface area contributed by atoms with Crippen LogP contribution >= 0.6 is 0 Å². The maximum Gasteiger partial charge on any atom is 0.155 e. The minimum Gasteiger partial charge on any atom is -0.237 e. The first kappa shape index (κ1) is 11.1. The van der Waals surface area contributed by atoms with Crippen molar-refractivity contribution in [3.8, 4) is 0 Å². The van der Waals surface area contributed by atoms with Crippen LogP contribution in [0.4, 0.5) is 0 Å². The first-order chi connectivity index (χ1) is 7.38. The van der Waals surface area contributed by atoms with E-state index in [0.717, 1.165) is 11.3 Å². The number of fused-ring (bicyclic) bond motifs is 1. The van der Waals surface area contributed by atoms with E-state index in [-0.39, 0.29) is 5.41 Å². The van der Waals surface area contributed by atoms with Gasteiger partial charge in [0.05, 0.1) is 5.69 Å². The van der Waals surface area contributed by atoms with E-state index < -0.39 is 0 Å². The van der Waals surface area contributed by atoms with Gasteiger partial charge < -0.3 is 0 Å². The van der Waals surface area contributed by atoms with Gasteiger partial charge in [-0.15, -0.1) is 0 Å². The second-order valence-corrected chi connectivity index (χ2v) is 5.62. The van der Waals surface area contributed by atoms with Crippen molar-refractivity contribution in [3.63, 3.8) is 0 Å². The molecule has 0 aliphatic rings. The molecule has 0 saturated heterocycles. The van der Waals surface area contributed by atoms with Crippen LogP contribution < -0.4 is 0 Å². The molecule has 0 spiro atoms. The Morgan fingerprint density at radius 2 is 1.94 bits per heavy atom. The van der Waals surface area contributed by atoms with Crippen molar-refractivity contribution in [2.45, 2.75) is 46.0 Å². The van der Waals surface area contributed by atoms with Gasteiger partial charge in [-0.2, -0.15) is 5.10 Å². The molecule has 3 heteroatoms. The van der Waals surface area contributed by atoms with Crippen molar-refractivity contribution in [2.75, 3.05) is 0 Å². The number of hydrogen-bond donors (Lipinski definition) is 0. The van der Waals surface area contributed by atoms with Crippen LogP contribution in [0.5, 0.6) is 0 Å². The third kappa shape index (κ3) is 1.94. The Balaban J connectivity index is 2.54. The summed E-state index contributed by atoms with van der Waals surface area (Å²) < 4.78 is 1.88. The minimum atomic E-state index is 0.0751. The standard InChI is InChI=1S/C13H19N3/c1-9(2)10-7-14-12-6-11(13(3,4)5)15-16(12)8-10/h6-9H,1-5H3. The predicted octanol–water partition coefficient (Wildman–Crippen LogP) is 3.15. The number of nitrogens with zero attached hydrogens (tertiary/aromatic N) is 3. The van der Waals surface area contributed by atoms with Gasteiger partial charge in [0, 0.05) is 23.9 Å². The maximum absolute atomic E-state index is 4.58. The molecule has 0 aliphatic carbocycles. The second-order valence-electron chi connectivity index (χ2n) is 5.62. The third-order valence-electron chi connectivity index (χ3n) is 2.77. The number of rotatable bonds is 1. The SMILES string of the molecule is CC(C)c1cnc2cc(C(C)(C)C)nn2c1. The topological polar surface area (TPSA) is 30.2 Å². The molecule has 3 nitrogen and oxygen atoms in total. The molecule has 0 atom stereocenters. The van der Waals surface area contributed by atoms with E-state index in [1.54, 1.807) is 0 Å². The van der Waals surface area contributed by atoms with Gasteiger partial charge in [-0.1, -0.05) is 34.6 Å². The normalized spacial score (nSPS) is 12.6. The minimum absolute atomic E-state index is 0.0751. The van der Waals surface area contributed by atoms with Crippen LogP contribution in [-0.4, -0.2) is 14.6 Å². The monoisotopic (exact) mass is 217 g/mol. The molecule has 0 aromatic carbocycles. The highest BCUT2D eigenvalue weighted by Crippen LogP contribution is 2.22. The summed E-state index contributed by atoms with van der Waals surface area (Å²) in [5, 5.41) is 4.58. The number of aromatic nitrogens is 3. The van der Waals surface area contributed by atoms with Gasteiger partial charge in [0.2, 0.25) is 0 Å². The van der Waals surface area contributed by atoms with Crippen LogP contribution in [0.1, 0.15) is 51.8 Å². The summed E-state index contributed by atoms with van der Waals surface area (Å²) in [5.41, 5.74) is 3.30. The van der Waals surface area contributed by atoms with Crippen LogP contribution in [0.15, 0.2) is 18.5 Å². The van der Waals surface area contributed by atoms with E-state index in [9.17, 15) is 0 Å². The van der Waals surface area contributed by atoms with Crippen LogP contribution in [0, 0.1) is 0 Å². The Morgan fingerprint density at radius 3 is 2.50 bits per heavy atom. The summed E-state index contributed by atoms with van der Waals surface area (Å²) in [6.45, 7) is 10.8. The van der Waals surface area contributed by atoms with Crippen LogP contribution in [-0.2, 0) is 5.41 Å². The molecule has 16 heavy (non-hydrogen) atoms. The molecule has 0 N–H and O–H groups in total. The van der Waals surface area contributed by atoms with Gasteiger partial charge in [0.1, 0.15) is 0 Å². The molecule has 2 aromatic rings. The molecule has 2 heterocycles. The molecule has 86 valence electrons. The lowest BCUT2D eigenvalue weighted by molar-refractivity contribution is 0.562. The zero-order valence-corrected chi connectivity index (χ0v) is 10.7. The first-order valence-electron chi connectivity index (χ1n) is 5.74. The lowest BCUT2D eigenvalue weighted by Crippen LogP contribution is -2.11. The van der Waals surface area contributed by atoms with Crippen molar-refractivity contribution in [1.29, 1.82) is 0 Å². The number of hydrogen-bond acceptors (Lipinski definition) is 2. The van der Waals surface area contributed by atoms with E-state index in [4.69, 9.17) is 0 Å². The molecule has 0 saturated carbocycles. The van der Waals surface area contributed by atoms with E-state index in [0.29, 0.717) is 5.92 Å². The van der Waals surface area contributed by atoms with Crippen molar-refractivity contribution < 1.29 is 0 Å². The van der Waals surface area contributed by atoms with E-state index in [2.05, 4.69) is 57.0 Å². The Labute approximate surface area is 96.5 Å². The summed E-state index contributed by atoms with van der Waals surface area (Å²) in [5.74, 6) is 0.485. The van der Waals surface area contributed by atoms with Crippen LogP contribution in [0.3, 0.4) is 0 Å². The molecule has 0 bridgehead atoms. The largest absolute Gasteiger partial charge is 0.237 e. The van der Waals surface area contributed by atoms with Gasteiger partial charge >= 0.3 is 0 Å². The smallest absolute Gasteiger partial charge is 0.155 e. The highest BCUT2D eigenvalue weighted by molar-refractivity contribution is 5.41. The quantitative estimate of drug-likeness (QED) is 0.734. The summed E-state index contributed by atoms with van der Waals surface area (Å²) in [7, 11) is 0. The molecule has 0 unspecified atom stereocenters. The molecular formula is C13H19N3. The second kappa shape index (κ2) is 3.58. The Morgan fingerprint density at radius 1 is 1.25 bits per heavy atom. The zero-order valence-electron chi connectivity index (χ0n) is 10.7. The van der Waals surface area contributed by atoms with E-state index >= 15 is 0 Å². The van der Waals surface area contributed by atoms with E-state index in [1.807, 2.05) is 10.7 Å². The van der Waals surface area contributed by atoms with Gasteiger partial charge in [-0.25, -0.2) is 9.50 Å². The maximum atomic E-state index is 4.58. The Hall–Kier alpha value is -1.38. The fraction of sp³-hybridized carbons (Fsp3) is 0.538. The Bertz CT molecular complexity index is 503. The molecule has 0 amide bonds. The van der Waals surface area contributed by atoms with Gasteiger partial charge in [0.15, 0.2) is 5.65 Å². The van der Waals surface area contributed by atoms with Crippen molar-refractivity contribution in [1.82, 2.24) is 14.6 Å². The average molecular weight is 217 g/mol. The summed E-state index contributed by atoms with van der Waals surface area (Å²) in [6.07, 6.45) is 4.01. The lowest BCUT2D eigenvalue weighted by Gasteiger charge is -2.13. The molecule has 2 aromatic heterocycles. The fourth-order valence-electron chi connectivity index (χ4n) is 1.56. The fourth-order valence-corrected chi connectivity index (χ4v) is 1.56. The van der Waals surface area contributed by atoms with Crippen molar-refractivity contribution >= 4 is 5.65 Å². The predicted molar refractivity (Wildman–Crippen MR) is 65.8 cm³/mol. The van der Waals surface area contributed by atoms with Gasteiger partial charge in [-0.05, 0) is 11.5 Å². The van der Waals surface area contributed by atoms with Crippen molar-refractivity contribution in [3.05, 3.63) is 29.7 Å². The lowest BCUT2D eigenvalue weighted by atomic mass is 9.93. The van der Waals surface area contributed by atoms with Gasteiger partial charge in [-0.3, -0.25) is 0 Å².